The fourth-order valence-electron chi connectivity index (χ4n) is 2.19. The Hall–Kier alpha value is -1.65. The SMILES string of the molecule is CC1(C)CCN(C(=O)c2cc(N)c(F)cc2F)C1. The van der Waals surface area contributed by atoms with Gasteiger partial charge in [0, 0.05) is 19.2 Å². The summed E-state index contributed by atoms with van der Waals surface area (Å²) in [6, 6.07) is 1.72. The van der Waals surface area contributed by atoms with E-state index in [1.807, 2.05) is 0 Å². The zero-order valence-electron chi connectivity index (χ0n) is 10.5. The number of carbonyl (C=O) groups is 1. The zero-order valence-corrected chi connectivity index (χ0v) is 10.5. The summed E-state index contributed by atoms with van der Waals surface area (Å²) in [5, 5.41) is 0. The van der Waals surface area contributed by atoms with E-state index in [1.165, 1.54) is 0 Å². The van der Waals surface area contributed by atoms with Crippen LogP contribution in [0.25, 0.3) is 0 Å². The number of nitrogens with zero attached hydrogens (tertiary/aromatic N) is 1. The van der Waals surface area contributed by atoms with E-state index in [4.69, 9.17) is 5.73 Å². The predicted octanol–water partition coefficient (Wildman–Crippen LogP) is 2.42. The third-order valence-corrected chi connectivity index (χ3v) is 3.28. The summed E-state index contributed by atoms with van der Waals surface area (Å²) in [4.78, 5) is 13.7. The summed E-state index contributed by atoms with van der Waals surface area (Å²) >= 11 is 0. The molecule has 1 aliphatic heterocycles. The Kier molecular flexibility index (Phi) is 3.00. The van der Waals surface area contributed by atoms with Gasteiger partial charge in [0.15, 0.2) is 0 Å². The van der Waals surface area contributed by atoms with Crippen LogP contribution in [-0.2, 0) is 0 Å². The van der Waals surface area contributed by atoms with E-state index in [-0.39, 0.29) is 16.7 Å². The quantitative estimate of drug-likeness (QED) is 0.782. The molecule has 1 heterocycles. The lowest BCUT2D eigenvalue weighted by molar-refractivity contribution is 0.0773. The fourth-order valence-corrected chi connectivity index (χ4v) is 2.19. The molecule has 3 nitrogen and oxygen atoms in total. The smallest absolute Gasteiger partial charge is 0.256 e. The molecule has 98 valence electrons. The lowest BCUT2D eigenvalue weighted by Gasteiger charge is -2.20. The van der Waals surface area contributed by atoms with Gasteiger partial charge in [-0.15, -0.1) is 0 Å². The highest BCUT2D eigenvalue weighted by molar-refractivity contribution is 5.95. The highest BCUT2D eigenvalue weighted by Crippen LogP contribution is 2.30. The van der Waals surface area contributed by atoms with Crippen molar-refractivity contribution in [1.29, 1.82) is 0 Å². The molecule has 0 aliphatic carbocycles. The normalized spacial score (nSPS) is 18.1. The Bertz CT molecular complexity index is 500. The Morgan fingerprint density at radius 2 is 2.00 bits per heavy atom. The maximum atomic E-state index is 13.6. The lowest BCUT2D eigenvalue weighted by atomic mass is 9.93. The maximum Gasteiger partial charge on any atom is 0.256 e. The average Bonchev–Trinajstić information content (AvgIpc) is 2.63. The van der Waals surface area contributed by atoms with E-state index < -0.39 is 17.5 Å². The summed E-state index contributed by atoms with van der Waals surface area (Å²) < 4.78 is 26.6. The van der Waals surface area contributed by atoms with E-state index in [9.17, 15) is 13.6 Å². The number of benzene rings is 1. The monoisotopic (exact) mass is 254 g/mol. The second kappa shape index (κ2) is 4.23. The highest BCUT2D eigenvalue weighted by Gasteiger charge is 2.33. The van der Waals surface area contributed by atoms with Crippen molar-refractivity contribution in [2.24, 2.45) is 5.41 Å². The number of carbonyl (C=O) groups excluding carboxylic acids is 1. The van der Waals surface area contributed by atoms with Gasteiger partial charge in [-0.2, -0.15) is 0 Å². The number of anilines is 1. The van der Waals surface area contributed by atoms with E-state index in [0.29, 0.717) is 19.2 Å². The van der Waals surface area contributed by atoms with Crippen LogP contribution >= 0.6 is 0 Å². The molecular weight excluding hydrogens is 238 g/mol. The summed E-state index contributed by atoms with van der Waals surface area (Å²) in [7, 11) is 0. The van der Waals surface area contributed by atoms with Crippen molar-refractivity contribution in [2.75, 3.05) is 18.8 Å². The van der Waals surface area contributed by atoms with Crippen LogP contribution in [0.15, 0.2) is 12.1 Å². The number of nitrogen functional groups attached to an aromatic ring is 1. The Morgan fingerprint density at radius 3 is 2.56 bits per heavy atom. The third kappa shape index (κ3) is 2.30. The molecule has 1 aliphatic rings. The molecule has 1 aromatic carbocycles. The second-order valence-corrected chi connectivity index (χ2v) is 5.49. The number of hydrogen-bond acceptors (Lipinski definition) is 2. The first-order valence-corrected chi connectivity index (χ1v) is 5.84. The van der Waals surface area contributed by atoms with Gasteiger partial charge >= 0.3 is 0 Å². The summed E-state index contributed by atoms with van der Waals surface area (Å²) in [6.45, 7) is 5.26. The number of amides is 1. The van der Waals surface area contributed by atoms with Gasteiger partial charge in [0.25, 0.3) is 5.91 Å². The number of hydrogen-bond donors (Lipinski definition) is 1. The molecular formula is C13H16F2N2O. The first-order valence-electron chi connectivity index (χ1n) is 5.84. The van der Waals surface area contributed by atoms with Crippen molar-refractivity contribution in [1.82, 2.24) is 4.90 Å². The van der Waals surface area contributed by atoms with Crippen LogP contribution in [0.5, 0.6) is 0 Å². The molecule has 0 bridgehead atoms. The second-order valence-electron chi connectivity index (χ2n) is 5.49. The molecule has 5 heteroatoms. The van der Waals surface area contributed by atoms with Gasteiger partial charge in [-0.1, -0.05) is 13.8 Å². The van der Waals surface area contributed by atoms with Gasteiger partial charge in [0.2, 0.25) is 0 Å². The molecule has 2 N–H and O–H groups in total. The van der Waals surface area contributed by atoms with Crippen molar-refractivity contribution in [2.45, 2.75) is 20.3 Å². The summed E-state index contributed by atoms with van der Waals surface area (Å²) in [6.07, 6.45) is 0.872. The van der Waals surface area contributed by atoms with E-state index >= 15 is 0 Å². The Morgan fingerprint density at radius 1 is 1.33 bits per heavy atom. The fraction of sp³-hybridized carbons (Fsp3) is 0.462. The minimum absolute atomic E-state index is 0.0394. The molecule has 1 saturated heterocycles. The van der Waals surface area contributed by atoms with Gasteiger partial charge < -0.3 is 10.6 Å². The van der Waals surface area contributed by atoms with Gasteiger partial charge in [-0.05, 0) is 17.9 Å². The van der Waals surface area contributed by atoms with Crippen LogP contribution < -0.4 is 5.73 Å². The van der Waals surface area contributed by atoms with Crippen molar-refractivity contribution < 1.29 is 13.6 Å². The molecule has 0 atom stereocenters. The molecule has 1 aromatic rings. The topological polar surface area (TPSA) is 46.3 Å². The van der Waals surface area contributed by atoms with E-state index in [0.717, 1.165) is 12.5 Å². The molecule has 1 amide bonds. The van der Waals surface area contributed by atoms with Crippen molar-refractivity contribution in [3.63, 3.8) is 0 Å². The highest BCUT2D eigenvalue weighted by atomic mass is 19.1. The molecule has 18 heavy (non-hydrogen) atoms. The van der Waals surface area contributed by atoms with Crippen molar-refractivity contribution >= 4 is 11.6 Å². The zero-order chi connectivity index (χ0) is 13.5. The predicted molar refractivity (Wildman–Crippen MR) is 65.1 cm³/mol. The van der Waals surface area contributed by atoms with Crippen LogP contribution in [0, 0.1) is 17.0 Å². The minimum Gasteiger partial charge on any atom is -0.396 e. The first kappa shape index (κ1) is 12.8. The largest absolute Gasteiger partial charge is 0.396 e. The van der Waals surface area contributed by atoms with Crippen LogP contribution in [0.3, 0.4) is 0 Å². The van der Waals surface area contributed by atoms with Gasteiger partial charge in [0.05, 0.1) is 11.3 Å². The molecule has 0 spiro atoms. The molecule has 0 radical (unpaired) electrons. The number of likely N-dealkylation sites (tertiary alicyclic amines) is 1. The van der Waals surface area contributed by atoms with E-state index in [2.05, 4.69) is 13.8 Å². The molecule has 0 saturated carbocycles. The molecule has 1 fully saturated rings. The molecule has 0 aromatic heterocycles. The van der Waals surface area contributed by atoms with Gasteiger partial charge in [-0.3, -0.25) is 4.79 Å². The lowest BCUT2D eigenvalue weighted by Crippen LogP contribution is -2.31. The summed E-state index contributed by atoms with van der Waals surface area (Å²) in [5.41, 5.74) is 5.04. The Balaban J connectivity index is 2.27. The van der Waals surface area contributed by atoms with Crippen molar-refractivity contribution in [3.05, 3.63) is 29.3 Å². The Labute approximate surface area is 105 Å². The average molecular weight is 254 g/mol. The minimum atomic E-state index is -0.864. The van der Waals surface area contributed by atoms with Crippen LogP contribution in [0.4, 0.5) is 14.5 Å². The standard InChI is InChI=1S/C13H16F2N2O/c1-13(2)3-4-17(7-13)12(18)8-5-11(16)10(15)6-9(8)14/h5-6H,3-4,7,16H2,1-2H3. The van der Waals surface area contributed by atoms with Gasteiger partial charge in [-0.25, -0.2) is 8.78 Å². The van der Waals surface area contributed by atoms with Crippen LogP contribution in [-0.4, -0.2) is 23.9 Å². The first-order chi connectivity index (χ1) is 8.30. The third-order valence-electron chi connectivity index (χ3n) is 3.28. The van der Waals surface area contributed by atoms with Crippen molar-refractivity contribution in [3.8, 4) is 0 Å². The van der Waals surface area contributed by atoms with E-state index in [1.54, 1.807) is 4.90 Å². The number of nitrogens with two attached hydrogens (primary N) is 1. The molecule has 2 rings (SSSR count). The van der Waals surface area contributed by atoms with Gasteiger partial charge in [0.1, 0.15) is 11.6 Å². The van der Waals surface area contributed by atoms with Crippen LogP contribution in [0.2, 0.25) is 0 Å². The molecule has 0 unspecified atom stereocenters. The number of rotatable bonds is 1. The maximum absolute atomic E-state index is 13.6. The number of halogens is 2. The van der Waals surface area contributed by atoms with Crippen LogP contribution in [0.1, 0.15) is 30.6 Å². The summed E-state index contributed by atoms with van der Waals surface area (Å²) in [5.74, 6) is -2.13.